The van der Waals surface area contributed by atoms with Crippen LogP contribution >= 0.6 is 0 Å². The fourth-order valence-electron chi connectivity index (χ4n) is 1.80. The number of methoxy groups -OCH3 is 3. The monoisotopic (exact) mass is 282 g/mol. The van der Waals surface area contributed by atoms with E-state index in [9.17, 15) is 4.79 Å². The SMILES string of the molecule is COc1cc(CNC(=O)CC(C)N)cc(OC)c1OC. The molecular formula is C14H22N2O4. The fourth-order valence-corrected chi connectivity index (χ4v) is 1.80. The maximum Gasteiger partial charge on any atom is 0.221 e. The van der Waals surface area contributed by atoms with Crippen molar-refractivity contribution in [3.8, 4) is 17.2 Å². The highest BCUT2D eigenvalue weighted by Crippen LogP contribution is 2.38. The quantitative estimate of drug-likeness (QED) is 0.781. The Hall–Kier alpha value is -1.95. The van der Waals surface area contributed by atoms with Gasteiger partial charge in [0.15, 0.2) is 11.5 Å². The Kier molecular flexibility index (Phi) is 6.11. The Labute approximate surface area is 119 Å². The molecule has 0 aliphatic carbocycles. The Morgan fingerprint density at radius 3 is 2.15 bits per heavy atom. The maximum atomic E-state index is 11.6. The first-order chi connectivity index (χ1) is 9.51. The van der Waals surface area contributed by atoms with Crippen molar-refractivity contribution < 1.29 is 19.0 Å². The zero-order valence-electron chi connectivity index (χ0n) is 12.4. The van der Waals surface area contributed by atoms with Crippen LogP contribution in [0.15, 0.2) is 12.1 Å². The van der Waals surface area contributed by atoms with Gasteiger partial charge in [0.1, 0.15) is 0 Å². The molecule has 1 amide bonds. The molecule has 0 radical (unpaired) electrons. The standard InChI is InChI=1S/C14H22N2O4/c1-9(15)5-13(17)16-8-10-6-11(18-2)14(20-4)12(7-10)19-3/h6-7,9H,5,8,15H2,1-4H3,(H,16,17). The van der Waals surface area contributed by atoms with Crippen molar-refractivity contribution in [1.29, 1.82) is 0 Å². The van der Waals surface area contributed by atoms with Crippen molar-refractivity contribution >= 4 is 5.91 Å². The number of benzene rings is 1. The van der Waals surface area contributed by atoms with Crippen LogP contribution < -0.4 is 25.3 Å². The van der Waals surface area contributed by atoms with Gasteiger partial charge in [-0.25, -0.2) is 0 Å². The van der Waals surface area contributed by atoms with Crippen LogP contribution in [0.5, 0.6) is 17.2 Å². The van der Waals surface area contributed by atoms with Crippen LogP contribution in [0.4, 0.5) is 0 Å². The normalized spacial score (nSPS) is 11.7. The minimum absolute atomic E-state index is 0.0891. The lowest BCUT2D eigenvalue weighted by atomic mass is 10.1. The number of rotatable bonds is 7. The van der Waals surface area contributed by atoms with Gasteiger partial charge in [-0.1, -0.05) is 0 Å². The van der Waals surface area contributed by atoms with E-state index in [1.807, 2.05) is 0 Å². The topological polar surface area (TPSA) is 82.8 Å². The third kappa shape index (κ3) is 4.31. The van der Waals surface area contributed by atoms with Crippen LogP contribution in [0.2, 0.25) is 0 Å². The molecule has 6 heteroatoms. The van der Waals surface area contributed by atoms with Gasteiger partial charge in [-0.2, -0.15) is 0 Å². The van der Waals surface area contributed by atoms with Crippen molar-refractivity contribution in [2.45, 2.75) is 25.9 Å². The van der Waals surface area contributed by atoms with E-state index in [0.717, 1.165) is 5.56 Å². The summed E-state index contributed by atoms with van der Waals surface area (Å²) < 4.78 is 15.7. The van der Waals surface area contributed by atoms with Crippen LogP contribution in [0.1, 0.15) is 18.9 Å². The van der Waals surface area contributed by atoms with Gasteiger partial charge in [0.25, 0.3) is 0 Å². The van der Waals surface area contributed by atoms with Crippen molar-refractivity contribution in [2.75, 3.05) is 21.3 Å². The Morgan fingerprint density at radius 2 is 1.75 bits per heavy atom. The average Bonchev–Trinajstić information content (AvgIpc) is 2.42. The van der Waals surface area contributed by atoms with Gasteiger partial charge in [0, 0.05) is 19.0 Å². The van der Waals surface area contributed by atoms with E-state index >= 15 is 0 Å². The molecule has 0 spiro atoms. The predicted molar refractivity (Wildman–Crippen MR) is 76.2 cm³/mol. The number of carbonyl (C=O) groups excluding carboxylic acids is 1. The number of ether oxygens (including phenoxy) is 3. The van der Waals surface area contributed by atoms with Gasteiger partial charge in [0.05, 0.1) is 21.3 Å². The molecule has 112 valence electrons. The van der Waals surface area contributed by atoms with E-state index in [1.165, 1.54) is 0 Å². The highest BCUT2D eigenvalue weighted by molar-refractivity contribution is 5.76. The summed E-state index contributed by atoms with van der Waals surface area (Å²) in [6.45, 7) is 2.17. The maximum absolute atomic E-state index is 11.6. The molecule has 0 heterocycles. The average molecular weight is 282 g/mol. The fraction of sp³-hybridized carbons (Fsp3) is 0.500. The van der Waals surface area contributed by atoms with Gasteiger partial charge >= 0.3 is 0 Å². The molecule has 0 bridgehead atoms. The lowest BCUT2D eigenvalue weighted by molar-refractivity contribution is -0.121. The van der Waals surface area contributed by atoms with E-state index in [1.54, 1.807) is 40.4 Å². The molecule has 0 aliphatic heterocycles. The second-order valence-corrected chi connectivity index (χ2v) is 4.49. The third-order valence-electron chi connectivity index (χ3n) is 2.72. The van der Waals surface area contributed by atoms with Crippen molar-refractivity contribution in [3.05, 3.63) is 17.7 Å². The summed E-state index contributed by atoms with van der Waals surface area (Å²) in [5, 5.41) is 2.80. The van der Waals surface area contributed by atoms with Crippen LogP contribution in [-0.2, 0) is 11.3 Å². The summed E-state index contributed by atoms with van der Waals surface area (Å²) in [7, 11) is 4.65. The second kappa shape index (κ2) is 7.59. The molecule has 0 aliphatic rings. The lowest BCUT2D eigenvalue weighted by Gasteiger charge is -2.14. The van der Waals surface area contributed by atoms with Gasteiger partial charge in [-0.3, -0.25) is 4.79 Å². The largest absolute Gasteiger partial charge is 0.493 e. The molecule has 6 nitrogen and oxygen atoms in total. The Bertz CT molecular complexity index is 435. The van der Waals surface area contributed by atoms with Crippen molar-refractivity contribution in [1.82, 2.24) is 5.32 Å². The van der Waals surface area contributed by atoms with Gasteiger partial charge in [-0.05, 0) is 24.6 Å². The van der Waals surface area contributed by atoms with Gasteiger partial charge in [-0.15, -0.1) is 0 Å². The van der Waals surface area contributed by atoms with Crippen LogP contribution in [0.3, 0.4) is 0 Å². The summed E-state index contributed by atoms with van der Waals surface area (Å²) in [4.78, 5) is 11.6. The molecular weight excluding hydrogens is 260 g/mol. The van der Waals surface area contributed by atoms with Crippen molar-refractivity contribution in [2.24, 2.45) is 5.73 Å². The molecule has 0 fully saturated rings. The third-order valence-corrected chi connectivity index (χ3v) is 2.72. The smallest absolute Gasteiger partial charge is 0.221 e. The molecule has 1 aromatic rings. The summed E-state index contributed by atoms with van der Waals surface area (Å²) in [5.74, 6) is 1.56. The summed E-state index contributed by atoms with van der Waals surface area (Å²) in [6.07, 6.45) is 0.296. The molecule has 1 unspecified atom stereocenters. The number of carbonyl (C=O) groups is 1. The lowest BCUT2D eigenvalue weighted by Crippen LogP contribution is -2.29. The molecule has 0 saturated carbocycles. The summed E-state index contributed by atoms with van der Waals surface area (Å²) >= 11 is 0. The van der Waals surface area contributed by atoms with E-state index in [4.69, 9.17) is 19.9 Å². The summed E-state index contributed by atoms with van der Waals surface area (Å²) in [5.41, 5.74) is 6.43. The van der Waals surface area contributed by atoms with E-state index < -0.39 is 0 Å². The minimum atomic E-state index is -0.157. The zero-order chi connectivity index (χ0) is 15.1. The van der Waals surface area contributed by atoms with Crippen LogP contribution in [0.25, 0.3) is 0 Å². The summed E-state index contributed by atoms with van der Waals surface area (Å²) in [6, 6.07) is 3.44. The second-order valence-electron chi connectivity index (χ2n) is 4.49. The molecule has 1 atom stereocenters. The molecule has 3 N–H and O–H groups in total. The number of hydrogen-bond donors (Lipinski definition) is 2. The van der Waals surface area contributed by atoms with E-state index in [0.29, 0.717) is 30.2 Å². The number of amides is 1. The molecule has 0 saturated heterocycles. The Morgan fingerprint density at radius 1 is 1.20 bits per heavy atom. The predicted octanol–water partition coefficient (Wildman–Crippen LogP) is 1.07. The first-order valence-electron chi connectivity index (χ1n) is 6.33. The molecule has 1 aromatic carbocycles. The molecule has 20 heavy (non-hydrogen) atoms. The van der Waals surface area contributed by atoms with E-state index in [-0.39, 0.29) is 11.9 Å². The number of nitrogens with two attached hydrogens (primary N) is 1. The van der Waals surface area contributed by atoms with Gasteiger partial charge < -0.3 is 25.3 Å². The molecule has 0 aromatic heterocycles. The first kappa shape index (κ1) is 16.1. The first-order valence-corrected chi connectivity index (χ1v) is 6.33. The van der Waals surface area contributed by atoms with Crippen LogP contribution in [0, 0.1) is 0 Å². The highest BCUT2D eigenvalue weighted by Gasteiger charge is 2.13. The van der Waals surface area contributed by atoms with Crippen molar-refractivity contribution in [3.63, 3.8) is 0 Å². The van der Waals surface area contributed by atoms with E-state index in [2.05, 4.69) is 5.32 Å². The van der Waals surface area contributed by atoms with Crippen LogP contribution in [-0.4, -0.2) is 33.3 Å². The zero-order valence-corrected chi connectivity index (χ0v) is 12.4. The number of nitrogens with one attached hydrogen (secondary N) is 1. The highest BCUT2D eigenvalue weighted by atomic mass is 16.5. The Balaban J connectivity index is 2.83. The minimum Gasteiger partial charge on any atom is -0.493 e. The number of hydrogen-bond acceptors (Lipinski definition) is 5. The molecule has 1 rings (SSSR count). The van der Waals surface area contributed by atoms with Gasteiger partial charge in [0.2, 0.25) is 11.7 Å².